The summed E-state index contributed by atoms with van der Waals surface area (Å²) in [6, 6.07) is 5.84. The minimum atomic E-state index is 0.749. The summed E-state index contributed by atoms with van der Waals surface area (Å²) in [6.07, 6.45) is 0. The van der Waals surface area contributed by atoms with E-state index in [9.17, 15) is 0 Å². The van der Waals surface area contributed by atoms with Crippen LogP contribution >= 0.6 is 11.8 Å². The lowest BCUT2D eigenvalue weighted by Crippen LogP contribution is -2.14. The zero-order valence-corrected chi connectivity index (χ0v) is 11.0. The summed E-state index contributed by atoms with van der Waals surface area (Å²) in [4.78, 5) is 2.19. The van der Waals surface area contributed by atoms with E-state index in [1.807, 2.05) is 30.0 Å². The van der Waals surface area contributed by atoms with Crippen molar-refractivity contribution >= 4 is 17.4 Å². The Balaban J connectivity index is 2.47. The van der Waals surface area contributed by atoms with Gasteiger partial charge in [0.25, 0.3) is 0 Å². The number of ether oxygens (including phenoxy) is 1. The van der Waals surface area contributed by atoms with Crippen LogP contribution in [-0.4, -0.2) is 38.4 Å². The Morgan fingerprint density at radius 1 is 1.38 bits per heavy atom. The van der Waals surface area contributed by atoms with Gasteiger partial charge in [0.1, 0.15) is 5.75 Å². The van der Waals surface area contributed by atoms with Crippen LogP contribution in [-0.2, 0) is 5.75 Å². The molecule has 0 amide bonds. The molecular weight excluding hydrogens is 220 g/mol. The molecule has 0 saturated heterocycles. The van der Waals surface area contributed by atoms with E-state index in [4.69, 9.17) is 10.5 Å². The summed E-state index contributed by atoms with van der Waals surface area (Å²) in [5.41, 5.74) is 7.66. The van der Waals surface area contributed by atoms with Crippen molar-refractivity contribution in [2.24, 2.45) is 0 Å². The maximum absolute atomic E-state index is 5.70. The van der Waals surface area contributed by atoms with Gasteiger partial charge in [0, 0.05) is 35.4 Å². The molecule has 0 aromatic heterocycles. The number of rotatable bonds is 6. The zero-order valence-electron chi connectivity index (χ0n) is 10.2. The highest BCUT2D eigenvalue weighted by Crippen LogP contribution is 2.25. The molecular formula is C12H20N2OS. The summed E-state index contributed by atoms with van der Waals surface area (Å²) in [7, 11) is 5.86. The Labute approximate surface area is 102 Å². The van der Waals surface area contributed by atoms with Crippen LogP contribution in [0.4, 0.5) is 5.69 Å². The van der Waals surface area contributed by atoms with Gasteiger partial charge in [-0.3, -0.25) is 0 Å². The van der Waals surface area contributed by atoms with Crippen LogP contribution in [0.15, 0.2) is 18.2 Å². The summed E-state index contributed by atoms with van der Waals surface area (Å²) in [5.74, 6) is 2.98. The molecule has 1 aromatic carbocycles. The molecule has 0 atom stereocenters. The van der Waals surface area contributed by atoms with Crippen molar-refractivity contribution in [2.75, 3.05) is 39.2 Å². The SMILES string of the molecule is COc1cc(N)ccc1CSCCN(C)C. The second-order valence-corrected chi connectivity index (χ2v) is 5.03. The predicted molar refractivity (Wildman–Crippen MR) is 72.1 cm³/mol. The van der Waals surface area contributed by atoms with Crippen LogP contribution in [0.3, 0.4) is 0 Å². The van der Waals surface area contributed by atoms with Gasteiger partial charge in [-0.25, -0.2) is 0 Å². The lowest BCUT2D eigenvalue weighted by atomic mass is 10.2. The summed E-state index contributed by atoms with van der Waals surface area (Å²) in [6.45, 7) is 1.10. The minimum Gasteiger partial charge on any atom is -0.496 e. The highest BCUT2D eigenvalue weighted by Gasteiger charge is 2.03. The van der Waals surface area contributed by atoms with Crippen LogP contribution in [0.25, 0.3) is 0 Å². The number of nitrogens with zero attached hydrogens (tertiary/aromatic N) is 1. The number of nitrogen functional groups attached to an aromatic ring is 1. The number of methoxy groups -OCH3 is 1. The van der Waals surface area contributed by atoms with Crippen molar-refractivity contribution in [2.45, 2.75) is 5.75 Å². The highest BCUT2D eigenvalue weighted by atomic mass is 32.2. The van der Waals surface area contributed by atoms with E-state index in [1.165, 1.54) is 5.56 Å². The van der Waals surface area contributed by atoms with Crippen LogP contribution in [0.1, 0.15) is 5.56 Å². The Kier molecular flexibility index (Phi) is 5.49. The van der Waals surface area contributed by atoms with Crippen molar-refractivity contribution in [3.8, 4) is 5.75 Å². The third-order valence-corrected chi connectivity index (χ3v) is 3.24. The fraction of sp³-hybridized carbons (Fsp3) is 0.500. The quantitative estimate of drug-likeness (QED) is 0.610. The number of anilines is 1. The molecule has 0 aliphatic heterocycles. The zero-order chi connectivity index (χ0) is 12.0. The molecule has 0 saturated carbocycles. The molecule has 2 N–H and O–H groups in total. The van der Waals surface area contributed by atoms with Gasteiger partial charge in [-0.1, -0.05) is 6.07 Å². The van der Waals surface area contributed by atoms with Crippen LogP contribution in [0.2, 0.25) is 0 Å². The molecule has 3 nitrogen and oxygen atoms in total. The number of benzene rings is 1. The molecule has 0 fully saturated rings. The second kappa shape index (κ2) is 6.66. The molecule has 0 aliphatic carbocycles. The Morgan fingerprint density at radius 3 is 2.75 bits per heavy atom. The van der Waals surface area contributed by atoms with Crippen molar-refractivity contribution in [3.63, 3.8) is 0 Å². The third kappa shape index (κ3) is 4.33. The lowest BCUT2D eigenvalue weighted by Gasteiger charge is -2.11. The molecule has 16 heavy (non-hydrogen) atoms. The standard InChI is InChI=1S/C12H20N2OS/c1-14(2)6-7-16-9-10-4-5-11(13)8-12(10)15-3/h4-5,8H,6-7,9,13H2,1-3H3. The second-order valence-electron chi connectivity index (χ2n) is 3.93. The number of thioether (sulfide) groups is 1. The van der Waals surface area contributed by atoms with Gasteiger partial charge in [0.15, 0.2) is 0 Å². The molecule has 0 spiro atoms. The summed E-state index contributed by atoms with van der Waals surface area (Å²) in [5, 5.41) is 0. The first-order valence-corrected chi connectivity index (χ1v) is 6.44. The van der Waals surface area contributed by atoms with E-state index in [0.29, 0.717) is 0 Å². The maximum atomic E-state index is 5.70. The van der Waals surface area contributed by atoms with Crippen molar-refractivity contribution in [3.05, 3.63) is 23.8 Å². The number of hydrogen-bond donors (Lipinski definition) is 1. The Morgan fingerprint density at radius 2 is 2.12 bits per heavy atom. The Bertz CT molecular complexity index is 329. The van der Waals surface area contributed by atoms with E-state index in [0.717, 1.165) is 29.5 Å². The number of nitrogens with two attached hydrogens (primary N) is 1. The number of hydrogen-bond acceptors (Lipinski definition) is 4. The van der Waals surface area contributed by atoms with Crippen LogP contribution in [0.5, 0.6) is 5.75 Å². The molecule has 90 valence electrons. The van der Waals surface area contributed by atoms with E-state index >= 15 is 0 Å². The molecule has 0 bridgehead atoms. The topological polar surface area (TPSA) is 38.5 Å². The average molecular weight is 240 g/mol. The third-order valence-electron chi connectivity index (χ3n) is 2.25. The van der Waals surface area contributed by atoms with Crippen molar-refractivity contribution in [1.82, 2.24) is 4.90 Å². The van der Waals surface area contributed by atoms with Gasteiger partial charge in [-0.05, 0) is 20.2 Å². The first-order chi connectivity index (χ1) is 7.63. The van der Waals surface area contributed by atoms with Gasteiger partial charge in [-0.2, -0.15) is 11.8 Å². The van der Waals surface area contributed by atoms with Crippen molar-refractivity contribution < 1.29 is 4.74 Å². The fourth-order valence-corrected chi connectivity index (χ4v) is 2.41. The van der Waals surface area contributed by atoms with Gasteiger partial charge in [0.05, 0.1) is 7.11 Å². The van der Waals surface area contributed by atoms with Crippen LogP contribution < -0.4 is 10.5 Å². The molecule has 0 unspecified atom stereocenters. The average Bonchev–Trinajstić information content (AvgIpc) is 2.25. The summed E-state index contributed by atoms with van der Waals surface area (Å²) >= 11 is 1.91. The first-order valence-electron chi connectivity index (χ1n) is 5.28. The normalized spacial score (nSPS) is 10.8. The monoisotopic (exact) mass is 240 g/mol. The van der Waals surface area contributed by atoms with E-state index in [-0.39, 0.29) is 0 Å². The van der Waals surface area contributed by atoms with Gasteiger partial charge >= 0.3 is 0 Å². The molecule has 1 rings (SSSR count). The molecule has 4 heteroatoms. The largest absolute Gasteiger partial charge is 0.496 e. The van der Waals surface area contributed by atoms with Gasteiger partial charge in [-0.15, -0.1) is 0 Å². The van der Waals surface area contributed by atoms with Crippen LogP contribution in [0, 0.1) is 0 Å². The van der Waals surface area contributed by atoms with Gasteiger partial charge in [0.2, 0.25) is 0 Å². The Hall–Kier alpha value is -0.870. The molecule has 0 radical (unpaired) electrons. The molecule has 1 aromatic rings. The maximum Gasteiger partial charge on any atom is 0.124 e. The minimum absolute atomic E-state index is 0.749. The molecule has 0 heterocycles. The molecule has 0 aliphatic rings. The van der Waals surface area contributed by atoms with E-state index < -0.39 is 0 Å². The first kappa shape index (κ1) is 13.2. The lowest BCUT2D eigenvalue weighted by molar-refractivity contribution is 0.411. The smallest absolute Gasteiger partial charge is 0.124 e. The van der Waals surface area contributed by atoms with E-state index in [1.54, 1.807) is 7.11 Å². The summed E-state index contributed by atoms with van der Waals surface area (Å²) < 4.78 is 5.30. The predicted octanol–water partition coefficient (Wildman–Crippen LogP) is 2.07. The fourth-order valence-electron chi connectivity index (χ4n) is 1.31. The van der Waals surface area contributed by atoms with Gasteiger partial charge < -0.3 is 15.4 Å². The highest BCUT2D eigenvalue weighted by molar-refractivity contribution is 7.98. The van der Waals surface area contributed by atoms with E-state index in [2.05, 4.69) is 19.0 Å². The van der Waals surface area contributed by atoms with Crippen molar-refractivity contribution in [1.29, 1.82) is 0 Å².